The Bertz CT molecular complexity index is 964. The van der Waals surface area contributed by atoms with Gasteiger partial charge in [-0.05, 0) is 37.1 Å². The molecule has 0 bridgehead atoms. The first-order valence-electron chi connectivity index (χ1n) is 9.27. The van der Waals surface area contributed by atoms with Crippen molar-refractivity contribution in [3.05, 3.63) is 59.5 Å². The van der Waals surface area contributed by atoms with E-state index in [2.05, 4.69) is 20.8 Å². The fourth-order valence-corrected chi connectivity index (χ4v) is 4.10. The van der Waals surface area contributed by atoms with Gasteiger partial charge in [-0.2, -0.15) is 5.10 Å². The number of nitrogens with zero attached hydrogens (tertiary/aromatic N) is 5. The van der Waals surface area contributed by atoms with Gasteiger partial charge in [-0.25, -0.2) is 9.97 Å². The van der Waals surface area contributed by atoms with E-state index < -0.39 is 0 Å². The Balaban J connectivity index is 1.39. The number of aryl methyl sites for hydroxylation is 1. The van der Waals surface area contributed by atoms with E-state index in [1.165, 1.54) is 0 Å². The van der Waals surface area contributed by atoms with Gasteiger partial charge in [0.2, 0.25) is 5.91 Å². The molecule has 0 aromatic carbocycles. The summed E-state index contributed by atoms with van der Waals surface area (Å²) in [4.78, 5) is 23.5. The zero-order chi connectivity index (χ0) is 19.3. The van der Waals surface area contributed by atoms with Gasteiger partial charge < -0.3 is 10.2 Å². The monoisotopic (exact) mass is 394 g/mol. The predicted molar refractivity (Wildman–Crippen MR) is 110 cm³/mol. The summed E-state index contributed by atoms with van der Waals surface area (Å²) >= 11 is 1.57. The standard InChI is InChI=1S/C20H22N6OS/c1-25-16(9-11-22-25)7-8-19(27)26-12-4-5-15(13-26)17-14-28-20(23-17)24-18-6-2-3-10-21-18/h2-3,6-11,14-15H,4-5,12-13H2,1H3,(H,21,23,24)/b8-7+/t15-/m0/s1. The summed E-state index contributed by atoms with van der Waals surface area (Å²) in [7, 11) is 1.86. The Hall–Kier alpha value is -3.00. The highest BCUT2D eigenvalue weighted by Crippen LogP contribution is 2.30. The zero-order valence-electron chi connectivity index (χ0n) is 15.7. The van der Waals surface area contributed by atoms with Crippen LogP contribution in [0.15, 0.2) is 48.1 Å². The van der Waals surface area contributed by atoms with Crippen molar-refractivity contribution in [1.82, 2.24) is 24.6 Å². The Morgan fingerprint density at radius 1 is 1.32 bits per heavy atom. The number of carbonyl (C=O) groups excluding carboxylic acids is 1. The number of hydrogen-bond donors (Lipinski definition) is 1. The summed E-state index contributed by atoms with van der Waals surface area (Å²) in [6.07, 6.45) is 8.95. The summed E-state index contributed by atoms with van der Waals surface area (Å²) in [5.41, 5.74) is 1.95. The highest BCUT2D eigenvalue weighted by Gasteiger charge is 2.25. The third kappa shape index (κ3) is 4.28. The predicted octanol–water partition coefficient (Wildman–Crippen LogP) is 3.43. The van der Waals surface area contributed by atoms with Gasteiger partial charge in [-0.3, -0.25) is 9.48 Å². The van der Waals surface area contributed by atoms with Crippen LogP contribution < -0.4 is 5.32 Å². The van der Waals surface area contributed by atoms with Gasteiger partial charge in [0.05, 0.1) is 11.4 Å². The lowest BCUT2D eigenvalue weighted by Crippen LogP contribution is -2.38. The van der Waals surface area contributed by atoms with E-state index in [1.807, 2.05) is 42.3 Å². The first-order valence-corrected chi connectivity index (χ1v) is 10.2. The zero-order valence-corrected chi connectivity index (χ0v) is 16.5. The Kier molecular flexibility index (Phi) is 5.48. The van der Waals surface area contributed by atoms with Crippen LogP contribution in [0.4, 0.5) is 10.9 Å². The van der Waals surface area contributed by atoms with Crippen LogP contribution in [0.2, 0.25) is 0 Å². The number of rotatable bonds is 5. The fraction of sp³-hybridized carbons (Fsp3) is 0.300. The molecular weight excluding hydrogens is 372 g/mol. The first kappa shape index (κ1) is 18.4. The highest BCUT2D eigenvalue weighted by atomic mass is 32.1. The molecule has 1 N–H and O–H groups in total. The van der Waals surface area contributed by atoms with Crippen LogP contribution in [0, 0.1) is 0 Å². The molecule has 0 unspecified atom stereocenters. The number of hydrogen-bond acceptors (Lipinski definition) is 6. The minimum absolute atomic E-state index is 0.0352. The number of carbonyl (C=O) groups is 1. The second kappa shape index (κ2) is 8.35. The smallest absolute Gasteiger partial charge is 0.246 e. The number of likely N-dealkylation sites (tertiary alicyclic amines) is 1. The largest absolute Gasteiger partial charge is 0.338 e. The van der Waals surface area contributed by atoms with Crippen molar-refractivity contribution in [2.75, 3.05) is 18.4 Å². The van der Waals surface area contributed by atoms with Crippen LogP contribution in [0.25, 0.3) is 6.08 Å². The molecule has 4 rings (SSSR count). The Morgan fingerprint density at radius 2 is 2.25 bits per heavy atom. The Morgan fingerprint density at radius 3 is 3.04 bits per heavy atom. The van der Waals surface area contributed by atoms with Crippen molar-refractivity contribution >= 4 is 34.3 Å². The number of amides is 1. The van der Waals surface area contributed by atoms with Crippen molar-refractivity contribution < 1.29 is 4.79 Å². The highest BCUT2D eigenvalue weighted by molar-refractivity contribution is 7.13. The molecule has 3 aromatic rings. The van der Waals surface area contributed by atoms with Gasteiger partial charge >= 0.3 is 0 Å². The second-order valence-electron chi connectivity index (χ2n) is 6.75. The van der Waals surface area contributed by atoms with Gasteiger partial charge in [0.25, 0.3) is 0 Å². The van der Waals surface area contributed by atoms with Crippen LogP contribution >= 0.6 is 11.3 Å². The molecule has 1 aliphatic heterocycles. The quantitative estimate of drug-likeness (QED) is 0.671. The van der Waals surface area contributed by atoms with Crippen molar-refractivity contribution in [1.29, 1.82) is 0 Å². The molecule has 7 nitrogen and oxygen atoms in total. The summed E-state index contributed by atoms with van der Waals surface area (Å²) in [5, 5.41) is 10.3. The SMILES string of the molecule is Cn1nccc1/C=C/C(=O)N1CCC[C@H](c2csc(Nc3ccccn3)n2)C1. The third-order valence-corrected chi connectivity index (χ3v) is 5.60. The fourth-order valence-electron chi connectivity index (χ4n) is 3.31. The van der Waals surface area contributed by atoms with Crippen molar-refractivity contribution in [2.45, 2.75) is 18.8 Å². The number of aromatic nitrogens is 4. The number of piperidine rings is 1. The summed E-state index contributed by atoms with van der Waals surface area (Å²) in [6.45, 7) is 1.48. The summed E-state index contributed by atoms with van der Waals surface area (Å²) in [5.74, 6) is 1.08. The molecule has 1 atom stereocenters. The summed E-state index contributed by atoms with van der Waals surface area (Å²) < 4.78 is 1.74. The lowest BCUT2D eigenvalue weighted by atomic mass is 9.95. The number of nitrogens with one attached hydrogen (secondary N) is 1. The van der Waals surface area contributed by atoms with Crippen molar-refractivity contribution in [2.24, 2.45) is 7.05 Å². The van der Waals surface area contributed by atoms with Gasteiger partial charge in [0.1, 0.15) is 5.82 Å². The maximum Gasteiger partial charge on any atom is 0.246 e. The van der Waals surface area contributed by atoms with Crippen LogP contribution in [0.3, 0.4) is 0 Å². The van der Waals surface area contributed by atoms with Crippen LogP contribution in [-0.4, -0.2) is 43.6 Å². The van der Waals surface area contributed by atoms with Crippen molar-refractivity contribution in [3.63, 3.8) is 0 Å². The minimum atomic E-state index is 0.0352. The topological polar surface area (TPSA) is 75.9 Å². The van der Waals surface area contributed by atoms with Crippen LogP contribution in [0.5, 0.6) is 0 Å². The molecule has 0 saturated carbocycles. The lowest BCUT2D eigenvalue weighted by molar-refractivity contribution is -0.127. The van der Waals surface area contributed by atoms with Gasteiger partial charge in [-0.15, -0.1) is 11.3 Å². The molecular formula is C20H22N6OS. The average Bonchev–Trinajstić information content (AvgIpc) is 3.36. The van der Waals surface area contributed by atoms with E-state index in [4.69, 9.17) is 4.98 Å². The maximum absolute atomic E-state index is 12.6. The van der Waals surface area contributed by atoms with Crippen molar-refractivity contribution in [3.8, 4) is 0 Å². The lowest BCUT2D eigenvalue weighted by Gasteiger charge is -2.31. The molecule has 3 aromatic heterocycles. The second-order valence-corrected chi connectivity index (χ2v) is 7.61. The maximum atomic E-state index is 12.6. The van der Waals surface area contributed by atoms with Gasteiger partial charge in [0, 0.05) is 49.9 Å². The molecule has 144 valence electrons. The van der Waals surface area contributed by atoms with E-state index in [-0.39, 0.29) is 11.8 Å². The van der Waals surface area contributed by atoms with E-state index in [9.17, 15) is 4.79 Å². The molecule has 1 aliphatic rings. The van der Waals surface area contributed by atoms with Gasteiger partial charge in [0.15, 0.2) is 5.13 Å². The molecule has 8 heteroatoms. The van der Waals surface area contributed by atoms with E-state index in [0.29, 0.717) is 6.54 Å². The first-order chi connectivity index (χ1) is 13.7. The molecule has 4 heterocycles. The van der Waals surface area contributed by atoms with Crippen LogP contribution in [0.1, 0.15) is 30.1 Å². The molecule has 1 saturated heterocycles. The minimum Gasteiger partial charge on any atom is -0.338 e. The molecule has 0 radical (unpaired) electrons. The third-order valence-electron chi connectivity index (χ3n) is 4.83. The number of anilines is 2. The Labute approximate surface area is 167 Å². The molecule has 0 aliphatic carbocycles. The molecule has 28 heavy (non-hydrogen) atoms. The molecule has 1 amide bonds. The van der Waals surface area contributed by atoms with Gasteiger partial charge in [-0.1, -0.05) is 6.07 Å². The van der Waals surface area contributed by atoms with Crippen LogP contribution in [-0.2, 0) is 11.8 Å². The van der Waals surface area contributed by atoms with E-state index in [1.54, 1.807) is 34.5 Å². The average molecular weight is 395 g/mol. The van der Waals surface area contributed by atoms with E-state index in [0.717, 1.165) is 41.7 Å². The number of pyridine rings is 1. The number of thiazole rings is 1. The normalized spacial score (nSPS) is 17.2. The molecule has 0 spiro atoms. The summed E-state index contributed by atoms with van der Waals surface area (Å²) in [6, 6.07) is 7.62. The molecule has 1 fully saturated rings. The van der Waals surface area contributed by atoms with E-state index >= 15 is 0 Å².